The normalized spacial score (nSPS) is 14.0. The predicted molar refractivity (Wildman–Crippen MR) is 67.2 cm³/mol. The molecule has 0 aliphatic rings. The SMILES string of the molecule is CSCCC(NC(=O)C(F)(F)C(F)(F)F)C(=O)OC(C)C. The highest BCUT2D eigenvalue weighted by Gasteiger charge is 2.63. The van der Waals surface area contributed by atoms with Crippen LogP contribution in [0.5, 0.6) is 0 Å². The Labute approximate surface area is 122 Å². The van der Waals surface area contributed by atoms with Crippen molar-refractivity contribution < 1.29 is 36.3 Å². The smallest absolute Gasteiger partial charge is 0.461 e. The molecule has 0 aliphatic carbocycles. The lowest BCUT2D eigenvalue weighted by atomic mass is 10.2. The van der Waals surface area contributed by atoms with Gasteiger partial charge in [0, 0.05) is 0 Å². The van der Waals surface area contributed by atoms with Crippen molar-refractivity contribution in [3.05, 3.63) is 0 Å². The van der Waals surface area contributed by atoms with Gasteiger partial charge in [0.05, 0.1) is 6.10 Å². The van der Waals surface area contributed by atoms with E-state index in [0.717, 1.165) is 0 Å². The average Bonchev–Trinajstić information content (AvgIpc) is 2.31. The molecule has 4 nitrogen and oxygen atoms in total. The molecule has 0 radical (unpaired) electrons. The molecule has 10 heteroatoms. The molecular weight excluding hydrogens is 321 g/mol. The number of nitrogens with one attached hydrogen (secondary N) is 1. The summed E-state index contributed by atoms with van der Waals surface area (Å²) in [6, 6.07) is -1.56. The third-order valence-electron chi connectivity index (χ3n) is 2.19. The minimum absolute atomic E-state index is 0.119. The zero-order chi connectivity index (χ0) is 16.8. The standard InChI is InChI=1S/C11H16F5NO3S/c1-6(2)20-8(18)7(4-5-21-3)17-9(19)10(12,13)11(14,15)16/h6-7H,4-5H2,1-3H3,(H,17,19). The zero-order valence-corrected chi connectivity index (χ0v) is 12.4. The highest BCUT2D eigenvalue weighted by atomic mass is 32.2. The van der Waals surface area contributed by atoms with Gasteiger partial charge in [-0.25, -0.2) is 4.79 Å². The number of amides is 1. The van der Waals surface area contributed by atoms with E-state index in [1.165, 1.54) is 30.9 Å². The fourth-order valence-electron chi connectivity index (χ4n) is 1.18. The average molecular weight is 337 g/mol. The fraction of sp³-hybridized carbons (Fsp3) is 0.818. The first kappa shape index (κ1) is 19.9. The summed E-state index contributed by atoms with van der Waals surface area (Å²) in [7, 11) is 0. The first-order chi connectivity index (χ1) is 9.43. The Balaban J connectivity index is 4.96. The number of carbonyl (C=O) groups is 2. The van der Waals surface area contributed by atoms with E-state index in [2.05, 4.69) is 0 Å². The van der Waals surface area contributed by atoms with E-state index in [1.807, 2.05) is 0 Å². The van der Waals surface area contributed by atoms with E-state index in [0.29, 0.717) is 0 Å². The van der Waals surface area contributed by atoms with Crippen molar-refractivity contribution in [3.63, 3.8) is 0 Å². The maximum Gasteiger partial charge on any atom is 0.463 e. The quantitative estimate of drug-likeness (QED) is 0.572. The van der Waals surface area contributed by atoms with Gasteiger partial charge in [0.1, 0.15) is 6.04 Å². The van der Waals surface area contributed by atoms with Crippen LogP contribution in [0.3, 0.4) is 0 Å². The Morgan fingerprint density at radius 3 is 2.10 bits per heavy atom. The lowest BCUT2D eigenvalue weighted by molar-refractivity contribution is -0.270. The summed E-state index contributed by atoms with van der Waals surface area (Å²) in [5.41, 5.74) is 0. The predicted octanol–water partition coefficient (Wildman–Crippen LogP) is 2.37. The van der Waals surface area contributed by atoms with E-state index in [9.17, 15) is 31.5 Å². The van der Waals surface area contributed by atoms with Crippen LogP contribution in [0.2, 0.25) is 0 Å². The molecule has 0 aromatic heterocycles. The summed E-state index contributed by atoms with van der Waals surface area (Å²) >= 11 is 1.24. The van der Waals surface area contributed by atoms with Gasteiger partial charge in [-0.2, -0.15) is 33.7 Å². The number of carbonyl (C=O) groups excluding carboxylic acids is 2. The van der Waals surface area contributed by atoms with E-state index < -0.39 is 36.1 Å². The molecule has 1 unspecified atom stereocenters. The number of thioether (sulfide) groups is 1. The topological polar surface area (TPSA) is 55.4 Å². The monoisotopic (exact) mass is 337 g/mol. The van der Waals surface area contributed by atoms with Crippen molar-refractivity contribution in [1.29, 1.82) is 0 Å². The van der Waals surface area contributed by atoms with Gasteiger partial charge in [0.25, 0.3) is 0 Å². The second-order valence-corrected chi connectivity index (χ2v) is 5.35. The van der Waals surface area contributed by atoms with Crippen molar-refractivity contribution in [1.82, 2.24) is 5.32 Å². The van der Waals surface area contributed by atoms with Gasteiger partial charge < -0.3 is 10.1 Å². The molecule has 1 amide bonds. The molecule has 0 rings (SSSR count). The largest absolute Gasteiger partial charge is 0.463 e. The minimum atomic E-state index is -6.02. The summed E-state index contributed by atoms with van der Waals surface area (Å²) in [6.45, 7) is 2.96. The number of halogens is 5. The number of ether oxygens (including phenoxy) is 1. The van der Waals surface area contributed by atoms with E-state index >= 15 is 0 Å². The number of hydrogen-bond acceptors (Lipinski definition) is 4. The Morgan fingerprint density at radius 2 is 1.71 bits per heavy atom. The second-order valence-electron chi connectivity index (χ2n) is 4.37. The first-order valence-corrected chi connectivity index (χ1v) is 7.27. The molecule has 0 saturated carbocycles. The highest BCUT2D eigenvalue weighted by molar-refractivity contribution is 7.98. The summed E-state index contributed by atoms with van der Waals surface area (Å²) in [5, 5.41) is 1.41. The van der Waals surface area contributed by atoms with Crippen molar-refractivity contribution in [2.24, 2.45) is 0 Å². The van der Waals surface area contributed by atoms with E-state index in [4.69, 9.17) is 4.74 Å². The molecule has 0 saturated heterocycles. The maximum absolute atomic E-state index is 12.8. The summed E-state index contributed by atoms with van der Waals surface area (Å²) < 4.78 is 66.6. The fourth-order valence-corrected chi connectivity index (χ4v) is 1.65. The van der Waals surface area contributed by atoms with Crippen molar-refractivity contribution in [3.8, 4) is 0 Å². The molecule has 0 fully saturated rings. The van der Waals surface area contributed by atoms with Crippen LogP contribution in [0.25, 0.3) is 0 Å². The van der Waals surface area contributed by atoms with Gasteiger partial charge in [-0.15, -0.1) is 0 Å². The molecule has 0 bridgehead atoms. The Bertz CT molecular complexity index is 373. The third-order valence-corrected chi connectivity index (χ3v) is 2.84. The maximum atomic E-state index is 12.8. The molecule has 0 heterocycles. The number of rotatable bonds is 7. The summed E-state index contributed by atoms with van der Waals surface area (Å²) in [5.74, 6) is -8.91. The first-order valence-electron chi connectivity index (χ1n) is 5.88. The number of alkyl halides is 5. The molecule has 0 aromatic rings. The van der Waals surface area contributed by atoms with Crippen LogP contribution in [-0.2, 0) is 14.3 Å². The Hall–Kier alpha value is -1.06. The number of hydrogen-bond donors (Lipinski definition) is 1. The summed E-state index contributed by atoms with van der Waals surface area (Å²) in [4.78, 5) is 22.7. The minimum Gasteiger partial charge on any atom is -0.461 e. The van der Waals surface area contributed by atoms with Gasteiger partial charge in [0.2, 0.25) is 0 Å². The van der Waals surface area contributed by atoms with Crippen LogP contribution in [-0.4, -0.2) is 48.1 Å². The van der Waals surface area contributed by atoms with Crippen LogP contribution in [0.4, 0.5) is 22.0 Å². The Morgan fingerprint density at radius 1 is 1.19 bits per heavy atom. The van der Waals surface area contributed by atoms with Crippen LogP contribution in [0, 0.1) is 0 Å². The van der Waals surface area contributed by atoms with Gasteiger partial charge in [-0.1, -0.05) is 0 Å². The Kier molecular flexibility index (Phi) is 7.41. The lowest BCUT2D eigenvalue weighted by Crippen LogP contribution is -2.55. The van der Waals surface area contributed by atoms with Gasteiger partial charge >= 0.3 is 24.0 Å². The van der Waals surface area contributed by atoms with E-state index in [-0.39, 0.29) is 12.2 Å². The molecule has 1 atom stereocenters. The van der Waals surface area contributed by atoms with Gasteiger partial charge in [-0.3, -0.25) is 4.79 Å². The van der Waals surface area contributed by atoms with Crippen molar-refractivity contribution in [2.45, 2.75) is 44.5 Å². The molecule has 0 aliphatic heterocycles. The highest BCUT2D eigenvalue weighted by Crippen LogP contribution is 2.35. The van der Waals surface area contributed by atoms with Crippen molar-refractivity contribution in [2.75, 3.05) is 12.0 Å². The third kappa shape index (κ3) is 6.06. The molecule has 124 valence electrons. The van der Waals surface area contributed by atoms with Gasteiger partial charge in [0.15, 0.2) is 0 Å². The molecule has 1 N–H and O–H groups in total. The van der Waals surface area contributed by atoms with Crippen LogP contribution < -0.4 is 5.32 Å². The van der Waals surface area contributed by atoms with Crippen LogP contribution in [0.1, 0.15) is 20.3 Å². The lowest BCUT2D eigenvalue weighted by Gasteiger charge is -2.23. The van der Waals surface area contributed by atoms with Gasteiger partial charge in [-0.05, 0) is 32.3 Å². The summed E-state index contributed by atoms with van der Waals surface area (Å²) in [6.07, 6.45) is -5.08. The number of esters is 1. The van der Waals surface area contributed by atoms with E-state index in [1.54, 1.807) is 6.26 Å². The van der Waals surface area contributed by atoms with Crippen LogP contribution in [0.15, 0.2) is 0 Å². The zero-order valence-electron chi connectivity index (χ0n) is 11.6. The molecular formula is C11H16F5NO3S. The molecule has 21 heavy (non-hydrogen) atoms. The molecule has 0 aromatic carbocycles. The van der Waals surface area contributed by atoms with Crippen LogP contribution >= 0.6 is 11.8 Å². The molecule has 0 spiro atoms. The second kappa shape index (κ2) is 7.81. The van der Waals surface area contributed by atoms with Crippen molar-refractivity contribution >= 4 is 23.6 Å².